The lowest BCUT2D eigenvalue weighted by molar-refractivity contribution is -0.120. The van der Waals surface area contributed by atoms with Gasteiger partial charge in [-0.15, -0.1) is 23.1 Å². The minimum atomic E-state index is -0.0145. The minimum Gasteiger partial charge on any atom is -0.479 e. The highest BCUT2D eigenvalue weighted by atomic mass is 32.2. The van der Waals surface area contributed by atoms with E-state index < -0.39 is 0 Å². The van der Waals surface area contributed by atoms with Gasteiger partial charge in [0.15, 0.2) is 6.61 Å². The van der Waals surface area contributed by atoms with Gasteiger partial charge in [-0.2, -0.15) is 5.26 Å². The summed E-state index contributed by atoms with van der Waals surface area (Å²) in [6.45, 7) is 4.60. The van der Waals surface area contributed by atoms with Crippen molar-refractivity contribution in [2.24, 2.45) is 0 Å². The number of carbonyl (C=O) groups excluding carboxylic acids is 1. The predicted molar refractivity (Wildman–Crippen MR) is 112 cm³/mol. The van der Waals surface area contributed by atoms with Crippen LogP contribution in [0.4, 0.5) is 0 Å². The van der Waals surface area contributed by atoms with Crippen LogP contribution in [0.25, 0.3) is 10.2 Å². The van der Waals surface area contributed by atoms with E-state index in [1.807, 2.05) is 24.3 Å². The van der Waals surface area contributed by atoms with Gasteiger partial charge in [0, 0.05) is 29.0 Å². The van der Waals surface area contributed by atoms with Crippen LogP contribution < -0.4 is 10.1 Å². The molecule has 144 valence electrons. The van der Waals surface area contributed by atoms with E-state index in [9.17, 15) is 4.79 Å². The lowest BCUT2D eigenvalue weighted by Gasteiger charge is -2.08. The van der Waals surface area contributed by atoms with E-state index in [1.54, 1.807) is 35.5 Å². The molecule has 0 atom stereocenters. The lowest BCUT2D eigenvalue weighted by Crippen LogP contribution is -2.23. The van der Waals surface area contributed by atoms with Gasteiger partial charge in [-0.05, 0) is 37.1 Å². The Morgan fingerprint density at radius 1 is 1.36 bits per heavy atom. The average molecular weight is 413 g/mol. The second-order valence-electron chi connectivity index (χ2n) is 6.11. The van der Waals surface area contributed by atoms with E-state index in [0.717, 1.165) is 20.8 Å². The first-order chi connectivity index (χ1) is 13.6. The van der Waals surface area contributed by atoms with Crippen LogP contribution >= 0.6 is 23.1 Å². The number of ether oxygens (including phenoxy) is 1. The van der Waals surface area contributed by atoms with E-state index in [2.05, 4.69) is 29.1 Å². The molecular weight excluding hydrogens is 392 g/mol. The molecular formula is C20H20N4O2S2. The first kappa shape index (κ1) is 20.1. The fourth-order valence-corrected chi connectivity index (χ4v) is 4.71. The van der Waals surface area contributed by atoms with Crippen molar-refractivity contribution in [1.82, 2.24) is 15.3 Å². The Morgan fingerprint density at radius 2 is 2.21 bits per heavy atom. The van der Waals surface area contributed by atoms with E-state index in [-0.39, 0.29) is 12.5 Å². The summed E-state index contributed by atoms with van der Waals surface area (Å²) in [6, 6.07) is 9.30. The van der Waals surface area contributed by atoms with Crippen molar-refractivity contribution in [3.63, 3.8) is 0 Å². The van der Waals surface area contributed by atoms with Crippen LogP contribution in [0.2, 0.25) is 0 Å². The zero-order valence-electron chi connectivity index (χ0n) is 15.7. The monoisotopic (exact) mass is 412 g/mol. The van der Waals surface area contributed by atoms with Crippen molar-refractivity contribution in [2.45, 2.75) is 31.8 Å². The lowest BCUT2D eigenvalue weighted by atomic mass is 10.2. The van der Waals surface area contributed by atoms with E-state index in [1.165, 1.54) is 10.4 Å². The molecule has 0 saturated heterocycles. The van der Waals surface area contributed by atoms with Gasteiger partial charge in [-0.25, -0.2) is 9.97 Å². The number of hydrogen-bond acceptors (Lipinski definition) is 7. The number of carbonyl (C=O) groups is 1. The molecule has 0 radical (unpaired) electrons. The second kappa shape index (κ2) is 9.53. The van der Waals surface area contributed by atoms with Gasteiger partial charge < -0.3 is 10.1 Å². The molecule has 3 rings (SSSR count). The van der Waals surface area contributed by atoms with Crippen LogP contribution in [0.1, 0.15) is 22.4 Å². The molecule has 1 aromatic carbocycles. The molecule has 0 aliphatic carbocycles. The Kier molecular flexibility index (Phi) is 6.85. The molecule has 1 amide bonds. The standard InChI is InChI=1S/C20H20N4O2S2/c1-13-14(2)28-20-18(13)19(23-12-24-20)27-9-6-17(25)22-11-15-4-3-5-16(10-15)26-8-7-21/h3-5,10,12H,6,8-9,11H2,1-2H3,(H,22,25). The third-order valence-electron chi connectivity index (χ3n) is 4.19. The Balaban J connectivity index is 1.50. The van der Waals surface area contributed by atoms with E-state index in [0.29, 0.717) is 24.5 Å². The number of aromatic nitrogens is 2. The second-order valence-corrected chi connectivity index (χ2v) is 8.40. The fraction of sp³-hybridized carbons (Fsp3) is 0.300. The van der Waals surface area contributed by atoms with E-state index >= 15 is 0 Å². The number of aryl methyl sites for hydroxylation is 2. The molecule has 1 N–H and O–H groups in total. The topological polar surface area (TPSA) is 87.9 Å². The summed E-state index contributed by atoms with van der Waals surface area (Å²) >= 11 is 3.26. The van der Waals surface area contributed by atoms with Crippen LogP contribution in [0.15, 0.2) is 35.6 Å². The number of nitrogens with one attached hydrogen (secondary N) is 1. The number of hydrogen-bond donors (Lipinski definition) is 1. The number of rotatable bonds is 8. The number of amides is 1. The Hall–Kier alpha value is -2.63. The van der Waals surface area contributed by atoms with Gasteiger partial charge >= 0.3 is 0 Å². The quantitative estimate of drug-likeness (QED) is 0.444. The molecule has 0 fully saturated rings. The van der Waals surface area contributed by atoms with Crippen molar-refractivity contribution in [2.75, 3.05) is 12.4 Å². The van der Waals surface area contributed by atoms with Crippen molar-refractivity contribution in [3.05, 3.63) is 46.6 Å². The Bertz CT molecular complexity index is 1030. The highest BCUT2D eigenvalue weighted by molar-refractivity contribution is 7.99. The molecule has 0 aliphatic heterocycles. The molecule has 0 aliphatic rings. The van der Waals surface area contributed by atoms with Gasteiger partial charge in [0.1, 0.15) is 28.0 Å². The first-order valence-electron chi connectivity index (χ1n) is 8.77. The number of thioether (sulfide) groups is 1. The van der Waals surface area contributed by atoms with Crippen molar-refractivity contribution >= 4 is 39.2 Å². The number of nitriles is 1. The summed E-state index contributed by atoms with van der Waals surface area (Å²) < 4.78 is 5.27. The molecule has 2 heterocycles. The highest BCUT2D eigenvalue weighted by Gasteiger charge is 2.12. The summed E-state index contributed by atoms with van der Waals surface area (Å²) in [5.41, 5.74) is 2.14. The maximum Gasteiger partial charge on any atom is 0.221 e. The minimum absolute atomic E-state index is 0.00642. The third kappa shape index (κ3) is 5.00. The van der Waals surface area contributed by atoms with Crippen molar-refractivity contribution in [3.8, 4) is 11.8 Å². The van der Waals surface area contributed by atoms with Crippen molar-refractivity contribution < 1.29 is 9.53 Å². The summed E-state index contributed by atoms with van der Waals surface area (Å²) in [5, 5.41) is 13.5. The molecule has 3 aromatic rings. The normalized spacial score (nSPS) is 10.6. The largest absolute Gasteiger partial charge is 0.479 e. The van der Waals surface area contributed by atoms with Crippen LogP contribution in [0.3, 0.4) is 0 Å². The zero-order valence-corrected chi connectivity index (χ0v) is 17.3. The average Bonchev–Trinajstić information content (AvgIpc) is 3.00. The van der Waals surface area contributed by atoms with Crippen LogP contribution in [0.5, 0.6) is 5.75 Å². The summed E-state index contributed by atoms with van der Waals surface area (Å²) in [7, 11) is 0. The number of nitrogens with zero attached hydrogens (tertiary/aromatic N) is 3. The number of fused-ring (bicyclic) bond motifs is 1. The molecule has 0 spiro atoms. The number of benzene rings is 1. The van der Waals surface area contributed by atoms with E-state index in [4.69, 9.17) is 10.00 Å². The molecule has 0 unspecified atom stereocenters. The molecule has 8 heteroatoms. The maximum atomic E-state index is 12.2. The zero-order chi connectivity index (χ0) is 19.9. The molecule has 0 saturated carbocycles. The van der Waals surface area contributed by atoms with Gasteiger partial charge in [-0.1, -0.05) is 12.1 Å². The van der Waals surface area contributed by atoms with Crippen LogP contribution in [-0.4, -0.2) is 28.2 Å². The highest BCUT2D eigenvalue weighted by Crippen LogP contribution is 2.34. The Labute approximate surface area is 172 Å². The van der Waals surface area contributed by atoms with Crippen LogP contribution in [-0.2, 0) is 11.3 Å². The van der Waals surface area contributed by atoms with Gasteiger partial charge in [-0.3, -0.25) is 4.79 Å². The number of thiophene rings is 1. The molecule has 28 heavy (non-hydrogen) atoms. The molecule has 6 nitrogen and oxygen atoms in total. The predicted octanol–water partition coefficient (Wildman–Crippen LogP) is 4.01. The first-order valence-corrected chi connectivity index (χ1v) is 10.6. The summed E-state index contributed by atoms with van der Waals surface area (Å²) in [5.74, 6) is 1.26. The summed E-state index contributed by atoms with van der Waals surface area (Å²) in [4.78, 5) is 23.1. The maximum absolute atomic E-state index is 12.2. The van der Waals surface area contributed by atoms with Crippen LogP contribution in [0, 0.1) is 25.2 Å². The Morgan fingerprint density at radius 3 is 3.04 bits per heavy atom. The molecule has 2 aromatic heterocycles. The van der Waals surface area contributed by atoms with Gasteiger partial charge in [0.05, 0.1) is 0 Å². The fourth-order valence-electron chi connectivity index (χ4n) is 2.65. The molecule has 0 bridgehead atoms. The van der Waals surface area contributed by atoms with Gasteiger partial charge in [0.2, 0.25) is 5.91 Å². The summed E-state index contributed by atoms with van der Waals surface area (Å²) in [6.07, 6.45) is 1.99. The van der Waals surface area contributed by atoms with Crippen molar-refractivity contribution in [1.29, 1.82) is 5.26 Å². The smallest absolute Gasteiger partial charge is 0.221 e. The van der Waals surface area contributed by atoms with Gasteiger partial charge in [0.25, 0.3) is 0 Å². The SMILES string of the molecule is Cc1sc2ncnc(SCCC(=O)NCc3cccc(OCC#N)c3)c2c1C. The third-order valence-corrected chi connectivity index (χ3v) is 6.30.